The molecule has 65 heavy (non-hydrogen) atoms. The third kappa shape index (κ3) is 51.3. The molecule has 1 amide bonds. The Bertz CT molecular complexity index is 1060. The Morgan fingerprint density at radius 1 is 0.431 bits per heavy atom. The van der Waals surface area contributed by atoms with Crippen LogP contribution in [-0.4, -0.2) is 47.4 Å². The molecule has 0 aliphatic rings. The van der Waals surface area contributed by atoms with Crippen LogP contribution in [0.15, 0.2) is 36.5 Å². The SMILES string of the molecule is CCCC/C=C\C/C=C\CCCCCCCC(=O)OCCCCCCCCCCCCCCCCCCCCC(=O)NC(CO)C(O)/C=C/CCCCCCCCCCCCCCCC. The molecule has 0 aliphatic heterocycles. The van der Waals surface area contributed by atoms with E-state index in [-0.39, 0.29) is 18.5 Å². The molecule has 0 aromatic rings. The Kier molecular flexibility index (Phi) is 53.1. The molecule has 0 rings (SSSR count). The summed E-state index contributed by atoms with van der Waals surface area (Å²) in [6.45, 7) is 4.86. The smallest absolute Gasteiger partial charge is 0.305 e. The average molecular weight is 915 g/mol. The van der Waals surface area contributed by atoms with Crippen LogP contribution < -0.4 is 5.32 Å². The van der Waals surface area contributed by atoms with Crippen molar-refractivity contribution < 1.29 is 24.5 Å². The van der Waals surface area contributed by atoms with Gasteiger partial charge in [0.15, 0.2) is 0 Å². The van der Waals surface area contributed by atoms with Crippen molar-refractivity contribution in [3.63, 3.8) is 0 Å². The van der Waals surface area contributed by atoms with E-state index in [1.165, 1.54) is 225 Å². The molecule has 6 nitrogen and oxygen atoms in total. The zero-order valence-corrected chi connectivity index (χ0v) is 43.5. The van der Waals surface area contributed by atoms with Crippen molar-refractivity contribution in [2.75, 3.05) is 13.2 Å². The van der Waals surface area contributed by atoms with E-state index in [9.17, 15) is 19.8 Å². The number of carbonyl (C=O) groups is 2. The van der Waals surface area contributed by atoms with E-state index < -0.39 is 12.1 Å². The molecular formula is C59H111NO5. The fourth-order valence-corrected chi connectivity index (χ4v) is 8.71. The monoisotopic (exact) mass is 914 g/mol. The van der Waals surface area contributed by atoms with Crippen LogP contribution in [0.5, 0.6) is 0 Å². The lowest BCUT2D eigenvalue weighted by molar-refractivity contribution is -0.143. The van der Waals surface area contributed by atoms with Crippen molar-refractivity contribution in [1.82, 2.24) is 5.32 Å². The quantitative estimate of drug-likeness (QED) is 0.0321. The Hall–Kier alpha value is -1.92. The van der Waals surface area contributed by atoms with Crippen LogP contribution in [0, 0.1) is 0 Å². The van der Waals surface area contributed by atoms with E-state index in [4.69, 9.17) is 4.74 Å². The first-order chi connectivity index (χ1) is 32.0. The van der Waals surface area contributed by atoms with Crippen molar-refractivity contribution in [2.24, 2.45) is 0 Å². The van der Waals surface area contributed by atoms with Gasteiger partial charge < -0.3 is 20.3 Å². The lowest BCUT2D eigenvalue weighted by Crippen LogP contribution is -2.45. The average Bonchev–Trinajstić information content (AvgIpc) is 3.31. The minimum absolute atomic E-state index is 0.00831. The van der Waals surface area contributed by atoms with Crippen molar-refractivity contribution in [1.29, 1.82) is 0 Å². The Balaban J connectivity index is 3.45. The first-order valence-corrected chi connectivity index (χ1v) is 28.8. The predicted molar refractivity (Wildman–Crippen MR) is 283 cm³/mol. The summed E-state index contributed by atoms with van der Waals surface area (Å²) in [5.41, 5.74) is 0. The van der Waals surface area contributed by atoms with E-state index in [1.54, 1.807) is 6.08 Å². The number of rotatable bonds is 53. The summed E-state index contributed by atoms with van der Waals surface area (Å²) < 4.78 is 5.46. The molecule has 6 heteroatoms. The summed E-state index contributed by atoms with van der Waals surface area (Å²) in [6.07, 6.45) is 67.3. The van der Waals surface area contributed by atoms with Crippen molar-refractivity contribution in [2.45, 2.75) is 315 Å². The zero-order valence-electron chi connectivity index (χ0n) is 43.5. The van der Waals surface area contributed by atoms with Crippen LogP contribution in [0.1, 0.15) is 303 Å². The molecule has 3 N–H and O–H groups in total. The molecular weight excluding hydrogens is 803 g/mol. The second-order valence-corrected chi connectivity index (χ2v) is 19.6. The van der Waals surface area contributed by atoms with E-state index in [0.29, 0.717) is 19.4 Å². The highest BCUT2D eigenvalue weighted by Gasteiger charge is 2.18. The van der Waals surface area contributed by atoms with Gasteiger partial charge >= 0.3 is 5.97 Å². The highest BCUT2D eigenvalue weighted by Crippen LogP contribution is 2.17. The van der Waals surface area contributed by atoms with E-state index in [1.807, 2.05) is 6.08 Å². The number of aliphatic hydroxyl groups is 2. The van der Waals surface area contributed by atoms with Gasteiger partial charge in [0, 0.05) is 12.8 Å². The van der Waals surface area contributed by atoms with E-state index in [2.05, 4.69) is 43.5 Å². The van der Waals surface area contributed by atoms with Crippen molar-refractivity contribution in [3.8, 4) is 0 Å². The highest BCUT2D eigenvalue weighted by atomic mass is 16.5. The number of amides is 1. The zero-order chi connectivity index (χ0) is 47.2. The summed E-state index contributed by atoms with van der Waals surface area (Å²) in [6, 6.07) is -0.631. The molecule has 0 fully saturated rings. The minimum Gasteiger partial charge on any atom is -0.466 e. The standard InChI is InChI=1S/C59H111NO5/c1-3-5-7-9-11-13-15-17-19-24-27-31-35-39-43-47-51-57(62)56(55-61)60-58(63)52-48-44-40-36-32-28-25-22-20-21-23-26-30-34-38-42-46-50-54-65-59(64)53-49-45-41-37-33-29-18-16-14-12-10-8-6-4-2/h10,12,16,18,47,51,56-57,61-62H,3-9,11,13-15,17,19-46,48-50,52-55H2,1-2H3,(H,60,63)/b12-10-,18-16-,51-47+. The molecule has 0 saturated carbocycles. The molecule has 0 aliphatic carbocycles. The maximum Gasteiger partial charge on any atom is 0.305 e. The number of hydrogen-bond donors (Lipinski definition) is 3. The van der Waals surface area contributed by atoms with E-state index >= 15 is 0 Å². The lowest BCUT2D eigenvalue weighted by Gasteiger charge is -2.20. The van der Waals surface area contributed by atoms with Crippen LogP contribution in [0.4, 0.5) is 0 Å². The number of unbranched alkanes of at least 4 members (excludes halogenated alkanes) is 38. The van der Waals surface area contributed by atoms with Gasteiger partial charge in [0.2, 0.25) is 5.91 Å². The third-order valence-corrected chi connectivity index (χ3v) is 13.2. The molecule has 0 heterocycles. The van der Waals surface area contributed by atoms with Crippen molar-refractivity contribution in [3.05, 3.63) is 36.5 Å². The van der Waals surface area contributed by atoms with Gasteiger partial charge in [-0.3, -0.25) is 9.59 Å². The topological polar surface area (TPSA) is 95.9 Å². The van der Waals surface area contributed by atoms with Gasteiger partial charge in [0.1, 0.15) is 0 Å². The molecule has 0 aromatic heterocycles. The summed E-state index contributed by atoms with van der Waals surface area (Å²) in [5.74, 6) is -0.0797. The van der Waals surface area contributed by atoms with E-state index in [0.717, 1.165) is 51.4 Å². The van der Waals surface area contributed by atoms with Gasteiger partial charge in [-0.05, 0) is 57.8 Å². The van der Waals surface area contributed by atoms with Gasteiger partial charge in [-0.15, -0.1) is 0 Å². The summed E-state index contributed by atoms with van der Waals surface area (Å²) in [4.78, 5) is 24.5. The van der Waals surface area contributed by atoms with Gasteiger partial charge in [0.05, 0.1) is 25.4 Å². The number of carbonyl (C=O) groups excluding carboxylic acids is 2. The molecule has 0 aromatic carbocycles. The molecule has 0 bridgehead atoms. The van der Waals surface area contributed by atoms with Crippen LogP contribution in [0.25, 0.3) is 0 Å². The van der Waals surface area contributed by atoms with Gasteiger partial charge in [0.25, 0.3) is 0 Å². The maximum atomic E-state index is 12.5. The van der Waals surface area contributed by atoms with Crippen LogP contribution in [0.2, 0.25) is 0 Å². The second kappa shape index (κ2) is 54.7. The largest absolute Gasteiger partial charge is 0.466 e. The van der Waals surface area contributed by atoms with Gasteiger partial charge in [-0.2, -0.15) is 0 Å². The summed E-state index contributed by atoms with van der Waals surface area (Å²) in [5, 5.41) is 23.1. The molecule has 382 valence electrons. The summed E-state index contributed by atoms with van der Waals surface area (Å²) in [7, 11) is 0. The Morgan fingerprint density at radius 2 is 0.785 bits per heavy atom. The summed E-state index contributed by atoms with van der Waals surface area (Å²) >= 11 is 0. The second-order valence-electron chi connectivity index (χ2n) is 19.6. The highest BCUT2D eigenvalue weighted by molar-refractivity contribution is 5.76. The molecule has 0 spiro atoms. The number of aliphatic hydroxyl groups excluding tert-OH is 2. The Labute approximate surface area is 404 Å². The van der Waals surface area contributed by atoms with Gasteiger partial charge in [-0.25, -0.2) is 0 Å². The van der Waals surface area contributed by atoms with Crippen LogP contribution in [0.3, 0.4) is 0 Å². The molecule has 0 saturated heterocycles. The normalized spacial score (nSPS) is 12.9. The minimum atomic E-state index is -0.848. The number of allylic oxidation sites excluding steroid dienone is 5. The number of ether oxygens (including phenoxy) is 1. The Morgan fingerprint density at radius 3 is 1.22 bits per heavy atom. The third-order valence-electron chi connectivity index (χ3n) is 13.2. The van der Waals surface area contributed by atoms with Crippen molar-refractivity contribution >= 4 is 11.9 Å². The maximum absolute atomic E-state index is 12.5. The number of hydrogen-bond acceptors (Lipinski definition) is 5. The number of nitrogens with one attached hydrogen (secondary N) is 1. The lowest BCUT2D eigenvalue weighted by atomic mass is 10.0. The fourth-order valence-electron chi connectivity index (χ4n) is 8.71. The molecule has 2 unspecified atom stereocenters. The molecule has 2 atom stereocenters. The first kappa shape index (κ1) is 63.1. The predicted octanol–water partition coefficient (Wildman–Crippen LogP) is 17.6. The van der Waals surface area contributed by atoms with Crippen LogP contribution >= 0.6 is 0 Å². The molecule has 0 radical (unpaired) electrons. The van der Waals surface area contributed by atoms with Gasteiger partial charge in [-0.1, -0.05) is 269 Å². The van der Waals surface area contributed by atoms with Crippen LogP contribution in [-0.2, 0) is 14.3 Å². The first-order valence-electron chi connectivity index (χ1n) is 28.8. The fraction of sp³-hybridized carbons (Fsp3) is 0.864. The number of esters is 1.